The van der Waals surface area contributed by atoms with E-state index < -0.39 is 29.9 Å². The fourth-order valence-electron chi connectivity index (χ4n) is 3.79. The lowest BCUT2D eigenvalue weighted by atomic mass is 9.95. The van der Waals surface area contributed by atoms with Crippen LogP contribution >= 0.6 is 27.3 Å². The van der Waals surface area contributed by atoms with Crippen molar-refractivity contribution in [1.82, 2.24) is 15.2 Å². The molecule has 0 saturated carbocycles. The van der Waals surface area contributed by atoms with Crippen LogP contribution in [-0.4, -0.2) is 71.7 Å². The summed E-state index contributed by atoms with van der Waals surface area (Å²) < 4.78 is 25.0. The third-order valence-corrected chi connectivity index (χ3v) is 6.79. The maximum atomic E-state index is 13.8. The number of hydrogen-bond acceptors (Lipinski definition) is 9. The predicted molar refractivity (Wildman–Crippen MR) is 126 cm³/mol. The number of halogens is 2. The van der Waals surface area contributed by atoms with Gasteiger partial charge in [0.25, 0.3) is 0 Å². The number of carbonyl (C=O) groups excluding carboxylic acids is 1. The fraction of sp³-hybridized carbons (Fsp3) is 0.364. The number of carbonyl (C=O) groups is 2. The highest BCUT2D eigenvalue weighted by molar-refractivity contribution is 9.10. The molecule has 2 aliphatic heterocycles. The second-order valence-corrected chi connectivity index (χ2v) is 9.30. The van der Waals surface area contributed by atoms with Crippen molar-refractivity contribution in [1.29, 1.82) is 0 Å². The van der Waals surface area contributed by atoms with Crippen LogP contribution < -0.4 is 5.32 Å². The molecule has 180 valence electrons. The Balaban J connectivity index is 1.79. The van der Waals surface area contributed by atoms with Crippen molar-refractivity contribution in [3.8, 4) is 0 Å². The number of ether oxygens (including phenoxy) is 2. The number of esters is 1. The molecule has 0 aliphatic carbocycles. The molecule has 0 amide bonds. The molecule has 3 heterocycles. The van der Waals surface area contributed by atoms with E-state index in [1.54, 1.807) is 19.2 Å². The van der Waals surface area contributed by atoms with Gasteiger partial charge in [-0.1, -0.05) is 22.0 Å². The van der Waals surface area contributed by atoms with Crippen molar-refractivity contribution < 1.29 is 28.6 Å². The van der Waals surface area contributed by atoms with Gasteiger partial charge in [0, 0.05) is 41.4 Å². The highest BCUT2D eigenvalue weighted by atomic mass is 79.9. The zero-order valence-electron chi connectivity index (χ0n) is 18.2. The van der Waals surface area contributed by atoms with Crippen molar-refractivity contribution in [3.05, 3.63) is 61.9 Å². The number of thiazole rings is 1. The Labute approximate surface area is 207 Å². The van der Waals surface area contributed by atoms with E-state index in [1.807, 2.05) is 10.3 Å². The number of morpholine rings is 1. The fourth-order valence-corrected chi connectivity index (χ4v) is 4.94. The molecule has 2 aromatic rings. The van der Waals surface area contributed by atoms with E-state index in [4.69, 9.17) is 14.5 Å². The first-order chi connectivity index (χ1) is 16.4. The van der Waals surface area contributed by atoms with Crippen LogP contribution in [0.1, 0.15) is 23.5 Å². The van der Waals surface area contributed by atoms with E-state index in [2.05, 4.69) is 26.2 Å². The maximum Gasteiger partial charge on any atom is 0.338 e. The Kier molecular flexibility index (Phi) is 7.71. The van der Waals surface area contributed by atoms with E-state index in [0.29, 0.717) is 33.1 Å². The molecule has 2 N–H and O–H groups in total. The van der Waals surface area contributed by atoms with Crippen LogP contribution in [0, 0.1) is 5.82 Å². The zero-order valence-corrected chi connectivity index (χ0v) is 20.6. The van der Waals surface area contributed by atoms with Gasteiger partial charge in [0.2, 0.25) is 0 Å². The molecular formula is C22H22BrFN4O5S. The minimum atomic E-state index is -1.04. The molecule has 1 aromatic carbocycles. The number of amidine groups is 1. The van der Waals surface area contributed by atoms with E-state index in [9.17, 15) is 19.1 Å². The quantitative estimate of drug-likeness (QED) is 0.504. The smallest absolute Gasteiger partial charge is 0.338 e. The summed E-state index contributed by atoms with van der Waals surface area (Å²) >= 11 is 4.78. The lowest BCUT2D eigenvalue weighted by Crippen LogP contribution is -2.48. The van der Waals surface area contributed by atoms with Crippen LogP contribution in [0.2, 0.25) is 0 Å². The number of aliphatic imine (C=N–C) groups is 1. The number of nitrogens with one attached hydrogen (secondary N) is 1. The summed E-state index contributed by atoms with van der Waals surface area (Å²) in [6, 6.07) is 3.41. The zero-order chi connectivity index (χ0) is 24.2. The van der Waals surface area contributed by atoms with Crippen LogP contribution in [0.25, 0.3) is 0 Å². The topological polar surface area (TPSA) is 113 Å². The van der Waals surface area contributed by atoms with E-state index >= 15 is 0 Å². The molecule has 2 unspecified atom stereocenters. The van der Waals surface area contributed by atoms with Crippen molar-refractivity contribution in [2.75, 3.05) is 32.8 Å². The van der Waals surface area contributed by atoms with Crippen molar-refractivity contribution in [3.63, 3.8) is 0 Å². The van der Waals surface area contributed by atoms with Crippen molar-refractivity contribution in [2.24, 2.45) is 4.99 Å². The van der Waals surface area contributed by atoms with Gasteiger partial charge in [-0.15, -0.1) is 11.3 Å². The molecule has 12 heteroatoms. The van der Waals surface area contributed by atoms with Crippen LogP contribution in [0.5, 0.6) is 0 Å². The molecule has 0 bridgehead atoms. The summed E-state index contributed by atoms with van der Waals surface area (Å²) in [7, 11) is 0. The molecule has 2 atom stereocenters. The van der Waals surface area contributed by atoms with Gasteiger partial charge in [0.05, 0.1) is 18.8 Å². The Morgan fingerprint density at radius 2 is 2.26 bits per heavy atom. The first-order valence-electron chi connectivity index (χ1n) is 10.5. The minimum absolute atomic E-state index is 0.158. The summed E-state index contributed by atoms with van der Waals surface area (Å²) in [4.78, 5) is 35.6. The van der Waals surface area contributed by atoms with Gasteiger partial charge in [-0.25, -0.2) is 19.0 Å². The number of carboxylic acids is 1. The monoisotopic (exact) mass is 552 g/mol. The van der Waals surface area contributed by atoms with E-state index in [-0.39, 0.29) is 31.9 Å². The number of carboxylic acid groups (broad SMARTS) is 1. The number of aliphatic carboxylic acids is 1. The van der Waals surface area contributed by atoms with Crippen LogP contribution in [0.4, 0.5) is 4.39 Å². The SMILES string of the molecule is CCOC(=O)C1=C(CN2CCOC(C(=O)O)C2)NC(c2nccs2)=NC1c1ccc(F)cc1Br. The Morgan fingerprint density at radius 1 is 1.44 bits per heavy atom. The summed E-state index contributed by atoms with van der Waals surface area (Å²) in [6.07, 6.45) is 0.689. The number of benzene rings is 1. The maximum absolute atomic E-state index is 13.8. The van der Waals surface area contributed by atoms with Gasteiger partial charge < -0.3 is 19.9 Å². The first-order valence-corrected chi connectivity index (χ1v) is 12.2. The Morgan fingerprint density at radius 3 is 2.94 bits per heavy atom. The normalized spacial score (nSPS) is 21.1. The van der Waals surface area contributed by atoms with Crippen molar-refractivity contribution >= 4 is 45.0 Å². The summed E-state index contributed by atoms with van der Waals surface area (Å²) in [5.74, 6) is -1.57. The number of hydrogen-bond donors (Lipinski definition) is 2. The molecule has 0 radical (unpaired) electrons. The lowest BCUT2D eigenvalue weighted by Gasteiger charge is -2.34. The summed E-state index contributed by atoms with van der Waals surface area (Å²) in [6.45, 7) is 3.00. The van der Waals surface area contributed by atoms with Crippen LogP contribution in [0.15, 0.2) is 50.5 Å². The van der Waals surface area contributed by atoms with E-state index in [0.717, 1.165) is 0 Å². The average Bonchev–Trinajstić information content (AvgIpc) is 3.34. The second-order valence-electron chi connectivity index (χ2n) is 7.55. The third kappa shape index (κ3) is 5.35. The minimum Gasteiger partial charge on any atom is -0.479 e. The van der Waals surface area contributed by atoms with E-state index in [1.165, 1.54) is 23.5 Å². The van der Waals surface area contributed by atoms with Gasteiger partial charge in [-0.2, -0.15) is 0 Å². The molecule has 9 nitrogen and oxygen atoms in total. The van der Waals surface area contributed by atoms with Gasteiger partial charge >= 0.3 is 11.9 Å². The summed E-state index contributed by atoms with van der Waals surface area (Å²) in [5, 5.41) is 15.0. The molecule has 2 aliphatic rings. The third-order valence-electron chi connectivity index (χ3n) is 5.32. The molecule has 1 fully saturated rings. The van der Waals surface area contributed by atoms with Crippen LogP contribution in [0.3, 0.4) is 0 Å². The number of nitrogens with zero attached hydrogens (tertiary/aromatic N) is 3. The molecule has 0 spiro atoms. The van der Waals surface area contributed by atoms with Crippen LogP contribution in [-0.2, 0) is 19.1 Å². The largest absolute Gasteiger partial charge is 0.479 e. The molecule has 1 aromatic heterocycles. The molecule has 4 rings (SSSR count). The van der Waals surface area contributed by atoms with Gasteiger partial charge in [0.15, 0.2) is 16.9 Å². The number of aromatic nitrogens is 1. The Bertz CT molecular complexity index is 1140. The Hall–Kier alpha value is -2.67. The van der Waals surface area contributed by atoms with Gasteiger partial charge in [-0.3, -0.25) is 9.89 Å². The standard InChI is InChI=1S/C22H22BrFN4O5S/c1-2-32-22(31)17-15(10-28-6-7-33-16(11-28)21(29)30)26-19(20-25-5-8-34-20)27-18(17)13-4-3-12(24)9-14(13)23/h3-5,8-9,16,18H,2,6-7,10-11H2,1H3,(H,26,27)(H,29,30). The summed E-state index contributed by atoms with van der Waals surface area (Å²) in [5.41, 5.74) is 1.38. The number of rotatable bonds is 7. The second kappa shape index (κ2) is 10.7. The first kappa shape index (κ1) is 24.5. The average molecular weight is 553 g/mol. The highest BCUT2D eigenvalue weighted by Gasteiger charge is 2.35. The van der Waals surface area contributed by atoms with Gasteiger partial charge in [-0.05, 0) is 24.6 Å². The van der Waals surface area contributed by atoms with Gasteiger partial charge in [0.1, 0.15) is 11.9 Å². The molecule has 34 heavy (non-hydrogen) atoms. The van der Waals surface area contributed by atoms with Crippen molar-refractivity contribution in [2.45, 2.75) is 19.1 Å². The highest BCUT2D eigenvalue weighted by Crippen LogP contribution is 2.37. The molecular weight excluding hydrogens is 531 g/mol. The molecule has 1 saturated heterocycles. The lowest BCUT2D eigenvalue weighted by molar-refractivity contribution is -0.155. The predicted octanol–water partition coefficient (Wildman–Crippen LogP) is 2.74.